The van der Waals surface area contributed by atoms with Crippen LogP contribution in [0.1, 0.15) is 151 Å². The summed E-state index contributed by atoms with van der Waals surface area (Å²) in [4.78, 5) is 54.0. The van der Waals surface area contributed by atoms with E-state index in [9.17, 15) is 34.2 Å². The van der Waals surface area contributed by atoms with Crippen LogP contribution in [0.25, 0.3) is 21.5 Å². The summed E-state index contributed by atoms with van der Waals surface area (Å²) in [5.41, 5.74) is 2.50. The van der Waals surface area contributed by atoms with E-state index in [4.69, 9.17) is 28.8 Å². The van der Waals surface area contributed by atoms with Gasteiger partial charge in [-0.05, 0) is 168 Å². The summed E-state index contributed by atoms with van der Waals surface area (Å²) in [6, 6.07) is 31.8. The Morgan fingerprint density at radius 2 is 1.31 bits per heavy atom. The second-order valence-electron chi connectivity index (χ2n) is 20.1. The van der Waals surface area contributed by atoms with Crippen LogP contribution in [-0.4, -0.2) is 82.1 Å². The van der Waals surface area contributed by atoms with Crippen molar-refractivity contribution in [2.24, 2.45) is 16.2 Å². The van der Waals surface area contributed by atoms with Crippen molar-refractivity contribution in [2.75, 3.05) is 6.61 Å². The SMILES string of the molecule is C/C=C/C(=O)[O-].CCC(C)(C)C(=O)O.CCC(C)(C)C(=O)OC1COC(=O)C1.CCC(C)(C)C(=O)Oc1ccc2cc(O)ccc2c1.CCC(C)c1ccc(OC(C)OC2Cc3cccc4cccc2c34)cc1.[Mg+2]. The van der Waals surface area contributed by atoms with Crippen molar-refractivity contribution >= 4 is 74.4 Å². The minimum absolute atomic E-state index is 0. The van der Waals surface area contributed by atoms with E-state index in [0.717, 1.165) is 41.9 Å². The first-order valence-electron chi connectivity index (χ1n) is 25.1. The summed E-state index contributed by atoms with van der Waals surface area (Å²) in [5.74, 6) is -0.450. The van der Waals surface area contributed by atoms with Crippen LogP contribution in [-0.2, 0) is 44.6 Å². The number of hydrogen-bond acceptors (Lipinski definition) is 12. The number of hydrogen-bond donors (Lipinski definition) is 2. The number of carboxylic acids is 2. The molecule has 2 aliphatic rings. The topological polar surface area (TPSA) is 195 Å². The van der Waals surface area contributed by atoms with Gasteiger partial charge in [-0.25, -0.2) is 0 Å². The van der Waals surface area contributed by atoms with Gasteiger partial charge in [0.2, 0.25) is 0 Å². The van der Waals surface area contributed by atoms with E-state index >= 15 is 0 Å². The molecule has 0 radical (unpaired) electrons. The van der Waals surface area contributed by atoms with E-state index in [0.29, 0.717) is 24.5 Å². The van der Waals surface area contributed by atoms with Crippen LogP contribution in [0.5, 0.6) is 17.2 Å². The molecule has 1 fully saturated rings. The number of cyclic esters (lactones) is 1. The molecule has 14 heteroatoms. The average Bonchev–Trinajstić information content (AvgIpc) is 3.94. The number of carbonyl (C=O) groups is 5. The van der Waals surface area contributed by atoms with Crippen LogP contribution in [0, 0.1) is 16.2 Å². The van der Waals surface area contributed by atoms with Crippen molar-refractivity contribution in [3.05, 3.63) is 126 Å². The predicted molar refractivity (Wildman–Crippen MR) is 289 cm³/mol. The molecule has 0 bridgehead atoms. The number of carbonyl (C=O) groups excluding carboxylic acids is 4. The standard InChI is InChI=1S/C24H26O2.C16H18O3.C10H16O4.C6H12O2.C4H6O2.Mg/c1-4-16(2)18-11-13-21(14-12-18)25-17(3)26-23-15-20-9-5-7-19-8-6-10-22(23)24(19)20;1-4-16(2,3)15(18)19-14-8-6-11-9-13(17)7-5-12(11)10-14;1-4-10(2,3)9(12)14-7-5-8(11)13-6-7;1-4-6(2,3)5(7)8;1-2-3-4(5)6;/h5-14,16-17,23H,4,15H2,1-3H3;5-10,17H,4H2,1-3H3;7H,4-6H2,1-3H3;4H2,1-3H3,(H,7,8);2-3H,1H3,(H,5,6);/q;;;;;+2/p-1/b;;;;3-2+;. The zero-order valence-electron chi connectivity index (χ0n) is 45.7. The molecule has 5 aromatic rings. The van der Waals surface area contributed by atoms with Crippen LogP contribution in [0.15, 0.2) is 109 Å². The monoisotopic (exact) mass is 1030 g/mol. The molecule has 0 amide bonds. The van der Waals surface area contributed by atoms with Crippen LogP contribution >= 0.6 is 0 Å². The van der Waals surface area contributed by atoms with Crippen LogP contribution in [0.4, 0.5) is 0 Å². The van der Waals surface area contributed by atoms with Crippen molar-refractivity contribution in [3.8, 4) is 17.2 Å². The van der Waals surface area contributed by atoms with E-state index in [1.807, 2.05) is 73.6 Å². The Hall–Kier alpha value is -5.96. The van der Waals surface area contributed by atoms with Gasteiger partial charge in [-0.15, -0.1) is 0 Å². The van der Waals surface area contributed by atoms with Crippen LogP contribution < -0.4 is 14.6 Å². The largest absolute Gasteiger partial charge is 2.00 e. The molecule has 74 heavy (non-hydrogen) atoms. The molecule has 1 aliphatic carbocycles. The van der Waals surface area contributed by atoms with E-state index in [1.54, 1.807) is 51.1 Å². The second-order valence-corrected chi connectivity index (χ2v) is 20.1. The van der Waals surface area contributed by atoms with E-state index < -0.39 is 28.2 Å². The number of ether oxygens (including phenoxy) is 5. The Balaban J connectivity index is 0.000000345. The number of rotatable bonds is 15. The summed E-state index contributed by atoms with van der Waals surface area (Å²) in [5, 5.41) is 31.7. The first kappa shape index (κ1) is 64.2. The fraction of sp³-hybridized carbons (Fsp3) is 0.450. The average molecular weight is 1030 g/mol. The molecule has 396 valence electrons. The quantitative estimate of drug-likeness (QED) is 0.0331. The number of allylic oxidation sites excluding steroid dienone is 1. The maximum Gasteiger partial charge on any atom is 2.00 e. The fourth-order valence-electron chi connectivity index (χ4n) is 6.85. The molecule has 1 aliphatic heterocycles. The van der Waals surface area contributed by atoms with Gasteiger partial charge in [0.25, 0.3) is 0 Å². The number of benzene rings is 5. The van der Waals surface area contributed by atoms with Gasteiger partial charge in [-0.3, -0.25) is 19.2 Å². The van der Waals surface area contributed by atoms with E-state index in [-0.39, 0.29) is 78.2 Å². The van der Waals surface area contributed by atoms with E-state index in [2.05, 4.69) is 62.4 Å². The molecular formula is C60H77MgO13+. The molecule has 2 N–H and O–H groups in total. The molecule has 0 saturated carbocycles. The summed E-state index contributed by atoms with van der Waals surface area (Å²) in [6.07, 6.45) is 6.14. The third-order valence-electron chi connectivity index (χ3n) is 13.2. The summed E-state index contributed by atoms with van der Waals surface area (Å²) in [6.45, 7) is 24.8. The summed E-state index contributed by atoms with van der Waals surface area (Å²) >= 11 is 0. The van der Waals surface area contributed by atoms with Gasteiger partial charge in [0.15, 0.2) is 6.29 Å². The summed E-state index contributed by atoms with van der Waals surface area (Å²) < 4.78 is 27.5. The fourth-order valence-corrected chi connectivity index (χ4v) is 6.85. The first-order chi connectivity index (χ1) is 34.3. The van der Waals surface area contributed by atoms with Crippen LogP contribution in [0.2, 0.25) is 0 Å². The third kappa shape index (κ3) is 19.7. The Bertz CT molecular complexity index is 2650. The normalized spacial score (nSPS) is 15.4. The number of carboxylic acid groups (broad SMARTS) is 2. The zero-order chi connectivity index (χ0) is 54.7. The van der Waals surface area contributed by atoms with Gasteiger partial charge in [0.1, 0.15) is 30.0 Å². The third-order valence-corrected chi connectivity index (χ3v) is 13.2. The Morgan fingerprint density at radius 3 is 1.82 bits per heavy atom. The maximum atomic E-state index is 12.0. The molecule has 1 saturated heterocycles. The Morgan fingerprint density at radius 1 is 0.743 bits per heavy atom. The van der Waals surface area contributed by atoms with Gasteiger partial charge in [-0.2, -0.15) is 0 Å². The second kappa shape index (κ2) is 29.8. The maximum absolute atomic E-state index is 12.0. The molecule has 1 heterocycles. The molecule has 7 rings (SSSR count). The molecule has 5 aromatic carbocycles. The smallest absolute Gasteiger partial charge is 0.545 e. The molecular weight excluding hydrogens is 953 g/mol. The minimum atomic E-state index is -1.14. The number of esters is 3. The molecule has 13 nitrogen and oxygen atoms in total. The molecule has 4 atom stereocenters. The Labute approximate surface area is 454 Å². The predicted octanol–water partition coefficient (Wildman–Crippen LogP) is 12.0. The van der Waals surface area contributed by atoms with Gasteiger partial charge < -0.3 is 43.8 Å². The van der Waals surface area contributed by atoms with Gasteiger partial charge >= 0.3 is 46.9 Å². The van der Waals surface area contributed by atoms with Crippen molar-refractivity contribution in [3.63, 3.8) is 0 Å². The van der Waals surface area contributed by atoms with Crippen molar-refractivity contribution in [2.45, 2.75) is 153 Å². The number of aliphatic carboxylic acids is 2. The molecule has 4 unspecified atom stereocenters. The number of fused-ring (bicyclic) bond motifs is 1. The van der Waals surface area contributed by atoms with Crippen molar-refractivity contribution in [1.82, 2.24) is 0 Å². The van der Waals surface area contributed by atoms with Crippen molar-refractivity contribution < 1.29 is 63.0 Å². The van der Waals surface area contributed by atoms with Gasteiger partial charge in [0, 0.05) is 6.42 Å². The summed E-state index contributed by atoms with van der Waals surface area (Å²) in [7, 11) is 0. The molecule has 0 aromatic heterocycles. The Kier molecular flexibility index (Phi) is 25.8. The van der Waals surface area contributed by atoms with E-state index in [1.165, 1.54) is 33.5 Å². The van der Waals surface area contributed by atoms with Gasteiger partial charge in [-0.1, -0.05) is 101 Å². The first-order valence-corrected chi connectivity index (χ1v) is 25.1. The van der Waals surface area contributed by atoms with Crippen LogP contribution in [0.3, 0.4) is 0 Å². The van der Waals surface area contributed by atoms with Crippen molar-refractivity contribution in [1.29, 1.82) is 0 Å². The number of aromatic hydroxyl groups is 1. The zero-order valence-corrected chi connectivity index (χ0v) is 47.2. The number of phenolic OH excluding ortho intramolecular Hbond substituents is 1. The number of phenols is 1. The minimum Gasteiger partial charge on any atom is -0.545 e. The van der Waals surface area contributed by atoms with Gasteiger partial charge in [0.05, 0.1) is 34.7 Å². The molecule has 0 spiro atoms.